The third-order valence-electron chi connectivity index (χ3n) is 17.9. The molecule has 0 aliphatic carbocycles. The number of carbonyl (C=O) groups is 6. The molecule has 6 N–H and O–H groups in total. The van der Waals surface area contributed by atoms with Crippen molar-refractivity contribution >= 4 is 81.2 Å². The third-order valence-corrected chi connectivity index (χ3v) is 17.9. The van der Waals surface area contributed by atoms with Crippen molar-refractivity contribution in [3.05, 3.63) is 286 Å². The van der Waals surface area contributed by atoms with Crippen LogP contribution in [0.5, 0.6) is 0 Å². The number of halogens is 3. The summed E-state index contributed by atoms with van der Waals surface area (Å²) >= 11 is 0. The first kappa shape index (κ1) is 84.4. The first-order chi connectivity index (χ1) is 58.0. The highest BCUT2D eigenvalue weighted by Gasteiger charge is 2.37. The molecule has 0 saturated heterocycles. The van der Waals surface area contributed by atoms with Gasteiger partial charge in [-0.2, -0.15) is 44.4 Å². The molecule has 4 aromatic carbocycles. The number of aromatic nitrogens is 17. The molecular formula is C81H63F3N22O15. The number of carbonyl (C=O) groups excluding carboxylic acids is 6. The third kappa shape index (κ3) is 16.9. The van der Waals surface area contributed by atoms with Gasteiger partial charge in [-0.05, 0) is 18.1 Å². The number of nitrogens with zero attached hydrogens (tertiary/aromatic N) is 16. The summed E-state index contributed by atoms with van der Waals surface area (Å²) in [6.07, 6.45) is 5.24. The molecule has 0 amide bonds. The van der Waals surface area contributed by atoms with E-state index in [9.17, 15) is 61.6 Å². The number of hydrogen-bond donors (Lipinski definition) is 6. The molecule has 0 bridgehead atoms. The van der Waals surface area contributed by atoms with Gasteiger partial charge in [-0.15, -0.1) is 5.10 Å². The van der Waals surface area contributed by atoms with E-state index in [0.717, 1.165) is 32.6 Å². The van der Waals surface area contributed by atoms with Crippen molar-refractivity contribution in [3.63, 3.8) is 0 Å². The quantitative estimate of drug-likeness (QED) is 0.0421. The molecular weight excluding hydrogens is 1580 g/mol. The summed E-state index contributed by atoms with van der Waals surface area (Å²) in [6, 6.07) is 42.3. The molecule has 0 aliphatic heterocycles. The molecule has 0 atom stereocenters. The molecule has 0 unspecified atom stereocenters. The highest BCUT2D eigenvalue weighted by molar-refractivity contribution is 6.06. The van der Waals surface area contributed by atoms with Gasteiger partial charge in [0.05, 0.1) is 84.0 Å². The number of aromatic amines is 6. The van der Waals surface area contributed by atoms with Crippen LogP contribution in [0, 0.1) is 54.1 Å². The van der Waals surface area contributed by atoms with Gasteiger partial charge in [0.2, 0.25) is 17.2 Å². The monoisotopic (exact) mass is 1640 g/mol. The summed E-state index contributed by atoms with van der Waals surface area (Å²) in [5, 5.41) is 47.2. The fraction of sp³-hybridized carbons (Fsp3) is 0.148. The molecule has 16 rings (SSSR count). The van der Waals surface area contributed by atoms with Crippen molar-refractivity contribution in [3.8, 4) is 63.1 Å². The first-order valence-corrected chi connectivity index (χ1v) is 35.1. The van der Waals surface area contributed by atoms with Gasteiger partial charge in [-0.1, -0.05) is 147 Å². The number of nitriles is 3. The van der Waals surface area contributed by atoms with Gasteiger partial charge in [-0.3, -0.25) is 28.3 Å². The van der Waals surface area contributed by atoms with Crippen LogP contribution in [0.25, 0.3) is 88.6 Å². The van der Waals surface area contributed by atoms with E-state index in [0.29, 0.717) is 57.0 Å². The van der Waals surface area contributed by atoms with Crippen LogP contribution in [0.2, 0.25) is 0 Å². The zero-order chi connectivity index (χ0) is 87.5. The van der Waals surface area contributed by atoms with Crippen LogP contribution in [-0.4, -0.2) is 161 Å². The van der Waals surface area contributed by atoms with Gasteiger partial charge >= 0.3 is 42.0 Å². The molecule has 12 aromatic heterocycles. The van der Waals surface area contributed by atoms with Crippen LogP contribution >= 0.6 is 0 Å². The number of aryl methyl sites for hydroxylation is 1. The average molecular weight is 1640 g/mol. The number of methoxy groups -OCH3 is 6. The van der Waals surface area contributed by atoms with E-state index in [1.807, 2.05) is 108 Å². The molecule has 0 fully saturated rings. The number of hydrogen-bond acceptors (Lipinski definition) is 23. The van der Waals surface area contributed by atoms with Crippen molar-refractivity contribution in [2.75, 3.05) is 42.7 Å². The summed E-state index contributed by atoms with van der Waals surface area (Å²) in [7, 11) is 7.55. The maximum atomic E-state index is 12.9. The highest BCUT2D eigenvalue weighted by Crippen LogP contribution is 2.37. The van der Waals surface area contributed by atoms with E-state index in [4.69, 9.17) is 37.9 Å². The number of imidazole rings is 3. The molecule has 0 radical (unpaired) electrons. The first-order valence-electron chi connectivity index (χ1n) is 35.1. The lowest BCUT2D eigenvalue weighted by Crippen LogP contribution is -2.20. The van der Waals surface area contributed by atoms with Crippen molar-refractivity contribution in [1.82, 2.24) is 82.4 Å². The molecule has 0 aliphatic rings. The molecule has 0 spiro atoms. The standard InChI is InChI=1S/C17H13N3O4.C17H19N3O2.C16H11N3O3.C14H7F3N4O.C10H8N4O3.C7H5N5O2/c1-18-11-9-20-14(10-7-5-4-6-8-10)13(17(22)24-3)19-15(20)12(11)16(21)23-2;1-17(2,3)14-13(15(21)22-4)19-16-18-12(10-20(14)16)11-8-6-5-7-9-11;1-22-16(21)13-9-19-8-12(10-5-3-2-4-6-10)11(7-17)14(19)18-15(13)20;15-14(16,17)10-7-21-12(9(10)6-18)19-13(22)11(20-21)8-4-2-1-3-5-8;1-5-9(15)14-4-7(10(16)17-2)6(3-11)8(14)13-12-5;1-8-4-3-12-6(9-10-11-12)5(4)7(13)14-2/h4-9,19H,2-3H3;5-10H,1-4H3,(H,18,19);2-6,8-9H,1H3,(H,18,20);1-5,7H,(H,19,22);4,13H,1-2H3;3H,2H3,(H,9,11). The minimum atomic E-state index is -4.71. The lowest BCUT2D eigenvalue weighted by Gasteiger charge is -2.18. The van der Waals surface area contributed by atoms with E-state index >= 15 is 0 Å². The predicted octanol–water partition coefficient (Wildman–Crippen LogP) is 11.4. The molecule has 0 saturated carbocycles. The maximum absolute atomic E-state index is 12.9. The Balaban J connectivity index is 0.000000143. The van der Waals surface area contributed by atoms with E-state index in [2.05, 4.69) is 106 Å². The number of fused-ring (bicyclic) bond motifs is 6. The van der Waals surface area contributed by atoms with Crippen LogP contribution in [0.15, 0.2) is 179 Å². The van der Waals surface area contributed by atoms with Gasteiger partial charge in [0, 0.05) is 65.5 Å². The number of benzene rings is 4. The zero-order valence-electron chi connectivity index (χ0n) is 65.0. The lowest BCUT2D eigenvalue weighted by molar-refractivity contribution is -0.137. The zero-order valence-corrected chi connectivity index (χ0v) is 65.0. The minimum Gasteiger partial charge on any atom is -0.466 e. The van der Waals surface area contributed by atoms with Gasteiger partial charge in [0.1, 0.15) is 68.6 Å². The van der Waals surface area contributed by atoms with E-state index in [1.54, 1.807) is 45.3 Å². The lowest BCUT2D eigenvalue weighted by atomic mass is 9.90. The SMILES string of the molecule is COC(=O)c1cn2c(=O)c(C)n[nH]c2c1C#N.COC(=O)c1cn2cc(-c3ccccc3)c(C#N)c2[nH]c1=O.COC(=O)c1nc2[nH]c(-c3ccccc3)cn2c1C(C)(C)C.N#Cc1c(C(F)(F)F)cn2nc(-c3ccccc3)c(=O)[nH]c12.[C-]#[N+]c1cn2[nH]nnc2c1C(=O)OC.[C-]#[N+]c1cn2c(-c3ccccc3)c(C(=O)OC)[nH]c2c1C(=O)OC. The van der Waals surface area contributed by atoms with Crippen LogP contribution in [-0.2, 0) is 40.0 Å². The molecule has 37 nitrogen and oxygen atoms in total. The summed E-state index contributed by atoms with van der Waals surface area (Å²) in [6.45, 7) is 21.8. The molecule has 608 valence electrons. The topological polar surface area (TPSA) is 475 Å². The summed E-state index contributed by atoms with van der Waals surface area (Å²) in [5.74, 6) is -2.98. The van der Waals surface area contributed by atoms with Crippen LogP contribution < -0.4 is 16.7 Å². The Morgan fingerprint density at radius 1 is 0.521 bits per heavy atom. The maximum Gasteiger partial charge on any atom is 0.419 e. The van der Waals surface area contributed by atoms with Crippen LogP contribution in [0.3, 0.4) is 0 Å². The average Bonchev–Trinajstić information content (AvgIpc) is 1.60. The van der Waals surface area contributed by atoms with Crippen molar-refractivity contribution in [1.29, 1.82) is 15.8 Å². The second-order valence-corrected chi connectivity index (χ2v) is 26.2. The molecule has 121 heavy (non-hydrogen) atoms. The second kappa shape index (κ2) is 35.5. The van der Waals surface area contributed by atoms with E-state index in [-0.39, 0.29) is 78.5 Å². The Morgan fingerprint density at radius 2 is 1.06 bits per heavy atom. The van der Waals surface area contributed by atoms with Crippen molar-refractivity contribution < 1.29 is 70.4 Å². The van der Waals surface area contributed by atoms with Crippen molar-refractivity contribution in [2.45, 2.75) is 39.3 Å². The highest BCUT2D eigenvalue weighted by atomic mass is 19.4. The molecule has 12 heterocycles. The number of H-pyrrole nitrogens is 6. The number of esters is 6. The minimum absolute atomic E-state index is 0.0266. The number of ether oxygens (including phenoxy) is 6. The fourth-order valence-corrected chi connectivity index (χ4v) is 12.4. The van der Waals surface area contributed by atoms with E-state index in [1.165, 1.54) is 89.4 Å². The Kier molecular flexibility index (Phi) is 24.8. The Hall–Kier alpha value is -17.5. The normalized spacial score (nSPS) is 10.8. The Labute approximate surface area is 677 Å². The van der Waals surface area contributed by atoms with Gasteiger partial charge < -0.3 is 57.2 Å². The predicted molar refractivity (Wildman–Crippen MR) is 423 cm³/mol. The molecule has 16 aromatic rings. The Morgan fingerprint density at radius 3 is 1.61 bits per heavy atom. The van der Waals surface area contributed by atoms with Gasteiger partial charge in [0.15, 0.2) is 34.0 Å². The number of alkyl halides is 3. The van der Waals surface area contributed by atoms with Crippen LogP contribution in [0.4, 0.5) is 24.5 Å². The van der Waals surface area contributed by atoms with Crippen molar-refractivity contribution in [2.24, 2.45) is 0 Å². The second-order valence-electron chi connectivity index (χ2n) is 26.2. The van der Waals surface area contributed by atoms with Gasteiger partial charge in [0.25, 0.3) is 16.7 Å². The van der Waals surface area contributed by atoms with E-state index < -0.39 is 64.2 Å². The fourth-order valence-electron chi connectivity index (χ4n) is 12.4. The molecule has 40 heteroatoms. The summed E-state index contributed by atoms with van der Waals surface area (Å²) in [5.41, 5.74) is 4.96. The number of rotatable bonds is 10. The van der Waals surface area contributed by atoms with Gasteiger partial charge in [-0.25, -0.2) is 52.5 Å². The smallest absolute Gasteiger partial charge is 0.419 e. The summed E-state index contributed by atoms with van der Waals surface area (Å²) < 4.78 is 75.3. The number of nitrogens with one attached hydrogen (secondary N) is 6. The largest absolute Gasteiger partial charge is 0.466 e. The van der Waals surface area contributed by atoms with Crippen LogP contribution in [0.1, 0.15) is 117 Å². The number of tetrazole rings is 1. The summed E-state index contributed by atoms with van der Waals surface area (Å²) in [4.78, 5) is 128. The Bertz CT molecular complexity index is 7130.